The van der Waals surface area contributed by atoms with Crippen LogP contribution in [0.2, 0.25) is 0 Å². The minimum atomic E-state index is -0.207. The SMILES string of the molecule is COc1ccc(CO)cc1OCCC(C)(C)OC. The van der Waals surface area contributed by atoms with E-state index in [1.807, 2.05) is 19.9 Å². The predicted octanol–water partition coefficient (Wildman–Crippen LogP) is 2.38. The van der Waals surface area contributed by atoms with Crippen LogP contribution in [0.5, 0.6) is 11.5 Å². The van der Waals surface area contributed by atoms with Crippen molar-refractivity contribution in [2.24, 2.45) is 0 Å². The van der Waals surface area contributed by atoms with Crippen LogP contribution in [0, 0.1) is 0 Å². The maximum Gasteiger partial charge on any atom is 0.161 e. The number of aliphatic hydroxyl groups excluding tert-OH is 1. The maximum atomic E-state index is 9.10. The van der Waals surface area contributed by atoms with E-state index in [0.717, 1.165) is 12.0 Å². The largest absolute Gasteiger partial charge is 0.493 e. The molecule has 0 radical (unpaired) electrons. The zero-order valence-corrected chi connectivity index (χ0v) is 11.5. The molecular formula is C14H22O4. The van der Waals surface area contributed by atoms with Crippen molar-refractivity contribution in [3.05, 3.63) is 23.8 Å². The first-order valence-electron chi connectivity index (χ1n) is 5.98. The number of ether oxygens (including phenoxy) is 3. The number of aliphatic hydroxyl groups is 1. The fourth-order valence-electron chi connectivity index (χ4n) is 1.44. The molecule has 0 amide bonds. The van der Waals surface area contributed by atoms with Crippen molar-refractivity contribution >= 4 is 0 Å². The molecule has 0 aliphatic carbocycles. The summed E-state index contributed by atoms with van der Waals surface area (Å²) in [6.45, 7) is 4.55. The second kappa shape index (κ2) is 6.61. The Morgan fingerprint density at radius 2 is 1.89 bits per heavy atom. The van der Waals surface area contributed by atoms with Crippen molar-refractivity contribution < 1.29 is 19.3 Å². The van der Waals surface area contributed by atoms with Crippen LogP contribution in [0.25, 0.3) is 0 Å². The third-order valence-electron chi connectivity index (χ3n) is 2.92. The smallest absolute Gasteiger partial charge is 0.161 e. The van der Waals surface area contributed by atoms with Crippen LogP contribution in [0.3, 0.4) is 0 Å². The average molecular weight is 254 g/mol. The Bertz CT molecular complexity index is 374. The molecule has 102 valence electrons. The summed E-state index contributed by atoms with van der Waals surface area (Å²) in [6.07, 6.45) is 0.774. The summed E-state index contributed by atoms with van der Waals surface area (Å²) in [4.78, 5) is 0. The molecule has 1 aromatic rings. The predicted molar refractivity (Wildman–Crippen MR) is 70.1 cm³/mol. The van der Waals surface area contributed by atoms with E-state index in [0.29, 0.717) is 18.1 Å². The van der Waals surface area contributed by atoms with Gasteiger partial charge in [-0.3, -0.25) is 0 Å². The van der Waals surface area contributed by atoms with Gasteiger partial charge in [-0.1, -0.05) is 6.07 Å². The number of benzene rings is 1. The van der Waals surface area contributed by atoms with Crippen molar-refractivity contribution in [2.45, 2.75) is 32.5 Å². The van der Waals surface area contributed by atoms with Gasteiger partial charge in [-0.2, -0.15) is 0 Å². The van der Waals surface area contributed by atoms with Crippen LogP contribution in [0.4, 0.5) is 0 Å². The highest BCUT2D eigenvalue weighted by Gasteiger charge is 2.16. The van der Waals surface area contributed by atoms with E-state index in [-0.39, 0.29) is 12.2 Å². The summed E-state index contributed by atoms with van der Waals surface area (Å²) in [5, 5.41) is 9.10. The Morgan fingerprint density at radius 1 is 1.17 bits per heavy atom. The molecule has 0 heterocycles. The second-order valence-electron chi connectivity index (χ2n) is 4.71. The van der Waals surface area contributed by atoms with E-state index in [4.69, 9.17) is 19.3 Å². The third kappa shape index (κ3) is 4.20. The quantitative estimate of drug-likeness (QED) is 0.811. The molecule has 4 heteroatoms. The highest BCUT2D eigenvalue weighted by Crippen LogP contribution is 2.28. The van der Waals surface area contributed by atoms with Crippen molar-refractivity contribution in [3.63, 3.8) is 0 Å². The molecule has 0 atom stereocenters. The van der Waals surface area contributed by atoms with Gasteiger partial charge in [-0.15, -0.1) is 0 Å². The van der Waals surface area contributed by atoms with Crippen LogP contribution in [0.15, 0.2) is 18.2 Å². The molecule has 1 aromatic carbocycles. The van der Waals surface area contributed by atoms with Gasteiger partial charge in [0.25, 0.3) is 0 Å². The van der Waals surface area contributed by atoms with Gasteiger partial charge in [0.15, 0.2) is 11.5 Å². The Hall–Kier alpha value is -1.26. The van der Waals surface area contributed by atoms with Crippen LogP contribution in [-0.2, 0) is 11.3 Å². The summed E-state index contributed by atoms with van der Waals surface area (Å²) < 4.78 is 16.2. The fraction of sp³-hybridized carbons (Fsp3) is 0.571. The summed E-state index contributed by atoms with van der Waals surface area (Å²) in [7, 11) is 3.28. The van der Waals surface area contributed by atoms with Crippen molar-refractivity contribution in [2.75, 3.05) is 20.8 Å². The highest BCUT2D eigenvalue weighted by atomic mass is 16.5. The van der Waals surface area contributed by atoms with Gasteiger partial charge >= 0.3 is 0 Å². The molecule has 0 fully saturated rings. The van der Waals surface area contributed by atoms with Crippen LogP contribution >= 0.6 is 0 Å². The molecule has 0 aliphatic rings. The molecule has 1 N–H and O–H groups in total. The second-order valence-corrected chi connectivity index (χ2v) is 4.71. The Morgan fingerprint density at radius 3 is 2.44 bits per heavy atom. The van der Waals surface area contributed by atoms with Crippen LogP contribution in [0.1, 0.15) is 25.8 Å². The zero-order chi connectivity index (χ0) is 13.6. The number of hydrogen-bond donors (Lipinski definition) is 1. The third-order valence-corrected chi connectivity index (χ3v) is 2.92. The fourth-order valence-corrected chi connectivity index (χ4v) is 1.44. The van der Waals surface area contributed by atoms with Gasteiger partial charge in [0.1, 0.15) is 0 Å². The zero-order valence-electron chi connectivity index (χ0n) is 11.5. The standard InChI is InChI=1S/C14H22O4/c1-14(2,17-4)7-8-18-13-9-11(10-15)5-6-12(13)16-3/h5-6,9,15H,7-8,10H2,1-4H3. The first-order valence-corrected chi connectivity index (χ1v) is 5.98. The summed E-state index contributed by atoms with van der Waals surface area (Å²) in [6, 6.07) is 5.39. The van der Waals surface area contributed by atoms with Gasteiger partial charge < -0.3 is 19.3 Å². The number of rotatable bonds is 7. The lowest BCUT2D eigenvalue weighted by Crippen LogP contribution is -2.25. The first kappa shape index (κ1) is 14.8. The monoisotopic (exact) mass is 254 g/mol. The minimum Gasteiger partial charge on any atom is -0.493 e. The Balaban J connectivity index is 2.65. The molecule has 1 rings (SSSR count). The van der Waals surface area contributed by atoms with Gasteiger partial charge in [0.2, 0.25) is 0 Å². The lowest BCUT2D eigenvalue weighted by atomic mass is 10.1. The topological polar surface area (TPSA) is 47.9 Å². The highest BCUT2D eigenvalue weighted by molar-refractivity contribution is 5.42. The first-order chi connectivity index (χ1) is 8.52. The molecule has 18 heavy (non-hydrogen) atoms. The number of hydrogen-bond acceptors (Lipinski definition) is 4. The van der Waals surface area contributed by atoms with Gasteiger partial charge in [0, 0.05) is 13.5 Å². The molecule has 0 aliphatic heterocycles. The maximum absolute atomic E-state index is 9.10. The van der Waals surface area contributed by atoms with E-state index in [1.165, 1.54) is 0 Å². The summed E-state index contributed by atoms with van der Waals surface area (Å²) in [5.41, 5.74) is 0.596. The Kier molecular flexibility index (Phi) is 5.44. The van der Waals surface area contributed by atoms with E-state index < -0.39 is 0 Å². The van der Waals surface area contributed by atoms with Crippen molar-refractivity contribution in [1.82, 2.24) is 0 Å². The van der Waals surface area contributed by atoms with Gasteiger partial charge in [-0.25, -0.2) is 0 Å². The molecule has 0 bridgehead atoms. The summed E-state index contributed by atoms with van der Waals surface area (Å²) in [5.74, 6) is 1.32. The lowest BCUT2D eigenvalue weighted by Gasteiger charge is -2.23. The molecule has 0 aromatic heterocycles. The van der Waals surface area contributed by atoms with E-state index in [2.05, 4.69) is 0 Å². The molecule has 0 unspecified atom stereocenters. The van der Waals surface area contributed by atoms with Crippen LogP contribution < -0.4 is 9.47 Å². The van der Waals surface area contributed by atoms with Gasteiger partial charge in [0.05, 0.1) is 25.9 Å². The molecule has 0 saturated carbocycles. The molecular weight excluding hydrogens is 232 g/mol. The molecule has 4 nitrogen and oxygen atoms in total. The van der Waals surface area contributed by atoms with Crippen molar-refractivity contribution in [3.8, 4) is 11.5 Å². The van der Waals surface area contributed by atoms with Crippen LogP contribution in [-0.4, -0.2) is 31.5 Å². The lowest BCUT2D eigenvalue weighted by molar-refractivity contribution is 0.00524. The number of methoxy groups -OCH3 is 2. The van der Waals surface area contributed by atoms with Crippen molar-refractivity contribution in [1.29, 1.82) is 0 Å². The summed E-state index contributed by atoms with van der Waals surface area (Å²) >= 11 is 0. The van der Waals surface area contributed by atoms with E-state index in [9.17, 15) is 0 Å². The van der Waals surface area contributed by atoms with E-state index in [1.54, 1.807) is 26.4 Å². The molecule has 0 saturated heterocycles. The Labute approximate surface area is 108 Å². The van der Waals surface area contributed by atoms with E-state index >= 15 is 0 Å². The average Bonchev–Trinajstić information content (AvgIpc) is 2.38. The van der Waals surface area contributed by atoms with Gasteiger partial charge in [-0.05, 0) is 31.5 Å². The minimum absolute atomic E-state index is 0.0100. The normalized spacial score (nSPS) is 11.4. The molecule has 0 spiro atoms.